The molecule has 2 rings (SSSR count). The van der Waals surface area contributed by atoms with Gasteiger partial charge in [-0.2, -0.15) is 0 Å². The van der Waals surface area contributed by atoms with Crippen LogP contribution in [0.1, 0.15) is 11.1 Å². The molecule has 2 N–H and O–H groups in total. The maximum Gasteiger partial charge on any atom is 0.314 e. The van der Waals surface area contributed by atoms with Crippen LogP contribution in [0.4, 0.5) is 11.4 Å². The number of benzene rings is 2. The Hall–Kier alpha value is -3.22. The molecule has 0 aromatic heterocycles. The summed E-state index contributed by atoms with van der Waals surface area (Å²) in [5, 5.41) is 5.09. The second-order valence-corrected chi connectivity index (χ2v) is 5.62. The normalized spacial score (nSPS) is 10.0. The van der Waals surface area contributed by atoms with Crippen LogP contribution in [0.5, 0.6) is 17.2 Å². The van der Waals surface area contributed by atoms with Gasteiger partial charge in [-0.25, -0.2) is 0 Å². The molecule has 0 unspecified atom stereocenters. The molecule has 0 radical (unpaired) electrons. The van der Waals surface area contributed by atoms with Gasteiger partial charge in [0, 0.05) is 23.5 Å². The predicted molar refractivity (Wildman–Crippen MR) is 99.3 cm³/mol. The van der Waals surface area contributed by atoms with Crippen LogP contribution >= 0.6 is 0 Å². The minimum Gasteiger partial charge on any atom is -0.493 e. The van der Waals surface area contributed by atoms with Crippen LogP contribution < -0.4 is 24.8 Å². The highest BCUT2D eigenvalue weighted by atomic mass is 16.5. The number of methoxy groups -OCH3 is 3. The van der Waals surface area contributed by atoms with E-state index in [1.807, 2.05) is 19.9 Å². The summed E-state index contributed by atoms with van der Waals surface area (Å²) in [6.45, 7) is 3.90. The summed E-state index contributed by atoms with van der Waals surface area (Å²) in [4.78, 5) is 24.3. The molecule has 0 aliphatic rings. The number of carbonyl (C=O) groups is 2. The minimum atomic E-state index is -0.808. The SMILES string of the molecule is COc1cc(NC(=O)C(=O)Nc2ccc(C)c(C)c2)cc(OC)c1OC. The molecule has 0 saturated carbocycles. The molecule has 0 saturated heterocycles. The Bertz CT molecular complexity index is 808. The van der Waals surface area contributed by atoms with Crippen molar-refractivity contribution < 1.29 is 23.8 Å². The number of ether oxygens (including phenoxy) is 3. The second-order valence-electron chi connectivity index (χ2n) is 5.62. The molecule has 0 bridgehead atoms. The summed E-state index contributed by atoms with van der Waals surface area (Å²) in [5.41, 5.74) is 3.02. The van der Waals surface area contributed by atoms with Crippen LogP contribution in [-0.2, 0) is 9.59 Å². The lowest BCUT2D eigenvalue weighted by molar-refractivity contribution is -0.133. The number of rotatable bonds is 5. The fourth-order valence-electron chi connectivity index (χ4n) is 2.35. The number of amides is 2. The van der Waals surface area contributed by atoms with E-state index in [0.717, 1.165) is 11.1 Å². The zero-order valence-corrected chi connectivity index (χ0v) is 15.4. The number of anilines is 2. The van der Waals surface area contributed by atoms with Gasteiger partial charge in [-0.3, -0.25) is 9.59 Å². The highest BCUT2D eigenvalue weighted by molar-refractivity contribution is 6.43. The molecule has 0 heterocycles. The van der Waals surface area contributed by atoms with Crippen LogP contribution in [0.15, 0.2) is 30.3 Å². The maximum atomic E-state index is 12.2. The van der Waals surface area contributed by atoms with Crippen molar-refractivity contribution >= 4 is 23.2 Å². The Morgan fingerprint density at radius 1 is 0.731 bits per heavy atom. The van der Waals surface area contributed by atoms with Crippen LogP contribution in [-0.4, -0.2) is 33.1 Å². The molecule has 0 aliphatic heterocycles. The van der Waals surface area contributed by atoms with Gasteiger partial charge in [0.25, 0.3) is 0 Å². The van der Waals surface area contributed by atoms with Crippen molar-refractivity contribution in [1.29, 1.82) is 0 Å². The first-order chi connectivity index (χ1) is 12.4. The van der Waals surface area contributed by atoms with Gasteiger partial charge in [-0.15, -0.1) is 0 Å². The third-order valence-corrected chi connectivity index (χ3v) is 3.89. The van der Waals surface area contributed by atoms with Gasteiger partial charge in [0.1, 0.15) is 0 Å². The molecule has 0 fully saturated rings. The number of hydrogen-bond acceptors (Lipinski definition) is 5. The van der Waals surface area contributed by atoms with E-state index < -0.39 is 11.8 Å². The summed E-state index contributed by atoms with van der Waals surface area (Å²) in [5.74, 6) is -0.444. The van der Waals surface area contributed by atoms with Crippen molar-refractivity contribution in [1.82, 2.24) is 0 Å². The van der Waals surface area contributed by atoms with E-state index in [0.29, 0.717) is 28.6 Å². The molecule has 7 heteroatoms. The summed E-state index contributed by atoms with van der Waals surface area (Å²) in [6, 6.07) is 8.51. The molecule has 138 valence electrons. The largest absolute Gasteiger partial charge is 0.493 e. The highest BCUT2D eigenvalue weighted by Crippen LogP contribution is 2.39. The summed E-state index contributed by atoms with van der Waals surface area (Å²) >= 11 is 0. The number of nitrogens with one attached hydrogen (secondary N) is 2. The molecule has 2 aromatic rings. The smallest absolute Gasteiger partial charge is 0.314 e. The molecule has 2 amide bonds. The quantitative estimate of drug-likeness (QED) is 0.803. The number of hydrogen-bond donors (Lipinski definition) is 2. The molecule has 0 aliphatic carbocycles. The van der Waals surface area contributed by atoms with E-state index in [4.69, 9.17) is 14.2 Å². The fraction of sp³-hybridized carbons (Fsp3) is 0.263. The van der Waals surface area contributed by atoms with Gasteiger partial charge in [0.2, 0.25) is 5.75 Å². The van der Waals surface area contributed by atoms with Crippen molar-refractivity contribution in [3.8, 4) is 17.2 Å². The molecule has 26 heavy (non-hydrogen) atoms. The number of carbonyl (C=O) groups excluding carboxylic acids is 2. The van der Waals surface area contributed by atoms with E-state index in [1.54, 1.807) is 24.3 Å². The highest BCUT2D eigenvalue weighted by Gasteiger charge is 2.18. The molecular formula is C19H22N2O5. The first-order valence-corrected chi connectivity index (χ1v) is 7.89. The van der Waals surface area contributed by atoms with E-state index in [-0.39, 0.29) is 0 Å². The predicted octanol–water partition coefficient (Wildman–Crippen LogP) is 2.91. The first kappa shape index (κ1) is 19.1. The fourth-order valence-corrected chi connectivity index (χ4v) is 2.35. The Morgan fingerprint density at radius 3 is 1.73 bits per heavy atom. The van der Waals surface area contributed by atoms with Crippen molar-refractivity contribution in [3.05, 3.63) is 41.5 Å². The van der Waals surface area contributed by atoms with Crippen molar-refractivity contribution in [2.75, 3.05) is 32.0 Å². The number of aryl methyl sites for hydroxylation is 2. The van der Waals surface area contributed by atoms with Crippen LogP contribution in [0.2, 0.25) is 0 Å². The van der Waals surface area contributed by atoms with Crippen LogP contribution in [0.25, 0.3) is 0 Å². The zero-order valence-electron chi connectivity index (χ0n) is 15.4. The molecule has 7 nitrogen and oxygen atoms in total. The Morgan fingerprint density at radius 2 is 1.27 bits per heavy atom. The first-order valence-electron chi connectivity index (χ1n) is 7.89. The molecular weight excluding hydrogens is 336 g/mol. The van der Waals surface area contributed by atoms with Gasteiger partial charge in [-0.05, 0) is 37.1 Å². The van der Waals surface area contributed by atoms with E-state index in [9.17, 15) is 9.59 Å². The lowest BCUT2D eigenvalue weighted by atomic mass is 10.1. The standard InChI is InChI=1S/C19H22N2O5/c1-11-6-7-13(8-12(11)2)20-18(22)19(23)21-14-9-15(24-3)17(26-5)16(10-14)25-4/h6-10H,1-5H3,(H,20,22)(H,21,23). The summed E-state index contributed by atoms with van der Waals surface area (Å²) < 4.78 is 15.7. The Balaban J connectivity index is 2.15. The third-order valence-electron chi connectivity index (χ3n) is 3.89. The monoisotopic (exact) mass is 358 g/mol. The van der Waals surface area contributed by atoms with Gasteiger partial charge in [0.05, 0.1) is 21.3 Å². The van der Waals surface area contributed by atoms with Gasteiger partial charge in [-0.1, -0.05) is 6.07 Å². The molecule has 0 atom stereocenters. The van der Waals surface area contributed by atoms with Crippen LogP contribution in [0.3, 0.4) is 0 Å². The van der Waals surface area contributed by atoms with E-state index >= 15 is 0 Å². The average Bonchev–Trinajstić information content (AvgIpc) is 2.63. The maximum absolute atomic E-state index is 12.2. The van der Waals surface area contributed by atoms with Gasteiger partial charge < -0.3 is 24.8 Å². The van der Waals surface area contributed by atoms with Crippen molar-refractivity contribution in [2.45, 2.75) is 13.8 Å². The topological polar surface area (TPSA) is 85.9 Å². The van der Waals surface area contributed by atoms with E-state index in [1.165, 1.54) is 21.3 Å². The molecule has 0 spiro atoms. The van der Waals surface area contributed by atoms with E-state index in [2.05, 4.69) is 10.6 Å². The van der Waals surface area contributed by atoms with Crippen molar-refractivity contribution in [2.24, 2.45) is 0 Å². The lowest BCUT2D eigenvalue weighted by Gasteiger charge is -2.14. The Kier molecular flexibility index (Phi) is 6.06. The lowest BCUT2D eigenvalue weighted by Crippen LogP contribution is -2.29. The molecule has 2 aromatic carbocycles. The second kappa shape index (κ2) is 8.24. The average molecular weight is 358 g/mol. The minimum absolute atomic E-state index is 0.347. The van der Waals surface area contributed by atoms with Crippen LogP contribution in [0, 0.1) is 13.8 Å². The van der Waals surface area contributed by atoms with Gasteiger partial charge >= 0.3 is 11.8 Å². The summed E-state index contributed by atoms with van der Waals surface area (Å²) in [7, 11) is 4.42. The summed E-state index contributed by atoms with van der Waals surface area (Å²) in [6.07, 6.45) is 0. The van der Waals surface area contributed by atoms with Gasteiger partial charge in [0.15, 0.2) is 11.5 Å². The zero-order chi connectivity index (χ0) is 19.3. The Labute approximate surface area is 152 Å². The van der Waals surface area contributed by atoms with Crippen molar-refractivity contribution in [3.63, 3.8) is 0 Å². The third kappa shape index (κ3) is 4.24.